The number of anilines is 1. The molecule has 0 unspecified atom stereocenters. The van der Waals surface area contributed by atoms with Gasteiger partial charge < -0.3 is 9.47 Å². The Balaban J connectivity index is 1.47. The molecule has 5 rings (SSSR count). The average Bonchev–Trinajstić information content (AvgIpc) is 3.25. The van der Waals surface area contributed by atoms with E-state index in [0.717, 1.165) is 5.69 Å². The lowest BCUT2D eigenvalue weighted by molar-refractivity contribution is -0.458. The van der Waals surface area contributed by atoms with Crippen molar-refractivity contribution in [1.29, 1.82) is 0 Å². The van der Waals surface area contributed by atoms with Gasteiger partial charge in [-0.25, -0.2) is 14.5 Å². The number of amides is 1. The Labute approximate surface area is 203 Å². The first-order valence-electron chi connectivity index (χ1n) is 10.3. The Hall–Kier alpha value is -3.54. The van der Waals surface area contributed by atoms with E-state index in [2.05, 4.69) is 30.2 Å². The van der Waals surface area contributed by atoms with Gasteiger partial charge in [0.15, 0.2) is 10.6 Å². The second-order valence-electron chi connectivity index (χ2n) is 7.36. The van der Waals surface area contributed by atoms with Crippen LogP contribution in [0.25, 0.3) is 21.5 Å². The molecule has 10 nitrogen and oxygen atoms in total. The fourth-order valence-corrected chi connectivity index (χ4v) is 4.46. The maximum atomic E-state index is 13.3. The minimum atomic E-state index is -0.369. The molecule has 0 saturated carbocycles. The molecule has 0 spiro atoms. The van der Waals surface area contributed by atoms with Gasteiger partial charge >= 0.3 is 5.95 Å². The lowest BCUT2D eigenvalue weighted by Gasteiger charge is -2.13. The van der Waals surface area contributed by atoms with Crippen LogP contribution in [0, 0.1) is 6.92 Å². The first kappa shape index (κ1) is 22.3. The molecule has 0 aliphatic carbocycles. The summed E-state index contributed by atoms with van der Waals surface area (Å²) >= 11 is 7.39. The van der Waals surface area contributed by atoms with Gasteiger partial charge in [-0.1, -0.05) is 32.9 Å². The van der Waals surface area contributed by atoms with E-state index in [1.807, 2.05) is 17.7 Å². The summed E-state index contributed by atoms with van der Waals surface area (Å²) in [5, 5.41) is 3.55. The smallest absolute Gasteiger partial charge is 0.434 e. The monoisotopic (exact) mass is 496 g/mol. The molecule has 34 heavy (non-hydrogen) atoms. The van der Waals surface area contributed by atoms with E-state index >= 15 is 0 Å². The van der Waals surface area contributed by atoms with E-state index in [1.165, 1.54) is 30.8 Å². The number of fused-ring (bicyclic) bond motifs is 1. The Kier molecular flexibility index (Phi) is 6.14. The molecule has 0 aromatic carbocycles. The zero-order valence-electron chi connectivity index (χ0n) is 18.3. The van der Waals surface area contributed by atoms with Crippen molar-refractivity contribution < 1.29 is 18.8 Å². The van der Waals surface area contributed by atoms with Crippen LogP contribution in [0.15, 0.2) is 30.7 Å². The van der Waals surface area contributed by atoms with E-state index in [0.29, 0.717) is 63.6 Å². The molecule has 1 aliphatic heterocycles. The van der Waals surface area contributed by atoms with Crippen LogP contribution in [0.3, 0.4) is 0 Å². The van der Waals surface area contributed by atoms with Crippen LogP contribution < -0.4 is 10.1 Å². The zero-order valence-corrected chi connectivity index (χ0v) is 19.9. The summed E-state index contributed by atoms with van der Waals surface area (Å²) in [6.07, 6.45) is 6.59. The van der Waals surface area contributed by atoms with Gasteiger partial charge in [0.25, 0.3) is 5.91 Å². The molecular weight excluding hydrogens is 478 g/mol. The number of carbonyl (C=O) groups excluding carboxylic acids is 1. The summed E-state index contributed by atoms with van der Waals surface area (Å²) in [7, 11) is 1.54. The highest BCUT2D eigenvalue weighted by molar-refractivity contribution is 7.22. The van der Waals surface area contributed by atoms with E-state index < -0.39 is 0 Å². The molecule has 0 fully saturated rings. The lowest BCUT2D eigenvalue weighted by atomic mass is 10.0. The van der Waals surface area contributed by atoms with Crippen LogP contribution in [-0.2, 0) is 4.74 Å². The largest absolute Gasteiger partial charge is 0.494 e. The van der Waals surface area contributed by atoms with Crippen molar-refractivity contribution in [3.8, 4) is 16.9 Å². The highest BCUT2D eigenvalue weighted by Crippen LogP contribution is 2.34. The fourth-order valence-electron chi connectivity index (χ4n) is 3.50. The third kappa shape index (κ3) is 4.45. The number of thiazole rings is 1. The van der Waals surface area contributed by atoms with E-state index in [1.54, 1.807) is 18.3 Å². The number of nitrogens with zero attached hydrogens (tertiary/aromatic N) is 6. The van der Waals surface area contributed by atoms with Crippen LogP contribution in [0.5, 0.6) is 5.75 Å². The Morgan fingerprint density at radius 1 is 1.18 bits per heavy atom. The van der Waals surface area contributed by atoms with Gasteiger partial charge in [-0.2, -0.15) is 0 Å². The molecule has 0 radical (unpaired) electrons. The van der Waals surface area contributed by atoms with Gasteiger partial charge in [0, 0.05) is 23.0 Å². The van der Waals surface area contributed by atoms with Crippen molar-refractivity contribution in [2.24, 2.45) is 0 Å². The number of methoxy groups -OCH3 is 1. The molecular formula is C22H19ClN7O3S+. The number of aryl methyl sites for hydroxylation is 1. The van der Waals surface area contributed by atoms with Crippen LogP contribution in [0.2, 0.25) is 5.15 Å². The molecule has 5 heterocycles. The number of nitrogens with one attached hydrogen (secondary N) is 1. The van der Waals surface area contributed by atoms with Crippen molar-refractivity contribution in [2.45, 2.75) is 6.92 Å². The van der Waals surface area contributed by atoms with Gasteiger partial charge in [-0.05, 0) is 19.1 Å². The second-order valence-corrected chi connectivity index (χ2v) is 8.73. The first-order valence-corrected chi connectivity index (χ1v) is 11.5. The third-order valence-electron chi connectivity index (χ3n) is 5.13. The zero-order chi connectivity index (χ0) is 23.7. The van der Waals surface area contributed by atoms with Gasteiger partial charge in [-0.3, -0.25) is 15.1 Å². The molecule has 1 N–H and O–H groups in total. The van der Waals surface area contributed by atoms with Gasteiger partial charge in [0.1, 0.15) is 17.1 Å². The molecule has 1 amide bonds. The number of rotatable bonds is 5. The minimum Gasteiger partial charge on any atom is -0.494 e. The average molecular weight is 497 g/mol. The van der Waals surface area contributed by atoms with Crippen LogP contribution in [-0.4, -0.2) is 68.5 Å². The van der Waals surface area contributed by atoms with Crippen LogP contribution in [0.4, 0.5) is 11.1 Å². The van der Waals surface area contributed by atoms with Crippen LogP contribution in [0.1, 0.15) is 16.1 Å². The molecule has 12 heteroatoms. The SMILES string of the molecule is COc1cnc(Cl)cc1-c1cc(C)ncc1C(=O)Nc1nc2cnc([N+]3=CCOCC3)nc2s1. The number of carbonyl (C=O) groups is 1. The number of hydrogen-bond donors (Lipinski definition) is 1. The molecule has 1 aliphatic rings. The van der Waals surface area contributed by atoms with Crippen molar-refractivity contribution in [3.63, 3.8) is 0 Å². The maximum absolute atomic E-state index is 13.3. The molecule has 0 saturated heterocycles. The van der Waals surface area contributed by atoms with Crippen molar-refractivity contribution in [2.75, 3.05) is 32.2 Å². The Morgan fingerprint density at radius 2 is 2.06 bits per heavy atom. The van der Waals surface area contributed by atoms with Crippen molar-refractivity contribution >= 4 is 56.5 Å². The predicted octanol–water partition coefficient (Wildman–Crippen LogP) is 3.51. The number of halogens is 1. The predicted molar refractivity (Wildman–Crippen MR) is 129 cm³/mol. The Bertz CT molecular complexity index is 1440. The molecule has 4 aromatic rings. The molecule has 172 valence electrons. The molecule has 0 bridgehead atoms. The van der Waals surface area contributed by atoms with Gasteiger partial charge in [0.2, 0.25) is 4.83 Å². The van der Waals surface area contributed by atoms with Crippen molar-refractivity contribution in [1.82, 2.24) is 24.9 Å². The van der Waals surface area contributed by atoms with Gasteiger partial charge in [-0.15, -0.1) is 0 Å². The van der Waals surface area contributed by atoms with Crippen LogP contribution >= 0.6 is 22.9 Å². The second kappa shape index (κ2) is 9.37. The van der Waals surface area contributed by atoms with Gasteiger partial charge in [0.05, 0.1) is 44.8 Å². The summed E-state index contributed by atoms with van der Waals surface area (Å²) in [4.78, 5) is 35.7. The standard InChI is InChI=1S/C22H18ClN7O3S/c1-12-7-13(14-8-18(23)25-11-17(14)32-2)15(9-24-12)19(31)28-22-27-16-10-26-21(29-20(16)34-22)30-3-5-33-6-4-30/h3,7-11H,4-6H2,1-2H3/p+1. The summed E-state index contributed by atoms with van der Waals surface area (Å²) < 4.78 is 12.7. The topological polar surface area (TPSA) is 115 Å². The molecule has 4 aromatic heterocycles. The number of hydrogen-bond acceptors (Lipinski definition) is 9. The number of aromatic nitrogens is 5. The summed E-state index contributed by atoms with van der Waals surface area (Å²) in [6, 6.07) is 3.46. The lowest BCUT2D eigenvalue weighted by Crippen LogP contribution is -2.24. The summed E-state index contributed by atoms with van der Waals surface area (Å²) in [5.74, 6) is 0.696. The quantitative estimate of drug-likeness (QED) is 0.329. The Morgan fingerprint density at radius 3 is 2.85 bits per heavy atom. The highest BCUT2D eigenvalue weighted by Gasteiger charge is 2.22. The maximum Gasteiger partial charge on any atom is 0.434 e. The normalized spacial score (nSPS) is 13.6. The minimum absolute atomic E-state index is 0.287. The molecule has 0 atom stereocenters. The summed E-state index contributed by atoms with van der Waals surface area (Å²) in [5.41, 5.74) is 2.95. The highest BCUT2D eigenvalue weighted by atomic mass is 35.5. The van der Waals surface area contributed by atoms with E-state index in [4.69, 9.17) is 21.1 Å². The fraction of sp³-hybridized carbons (Fsp3) is 0.227. The van der Waals surface area contributed by atoms with E-state index in [-0.39, 0.29) is 11.1 Å². The number of ether oxygens (including phenoxy) is 2. The first-order chi connectivity index (χ1) is 16.5. The summed E-state index contributed by atoms with van der Waals surface area (Å²) in [6.45, 7) is 3.66. The third-order valence-corrected chi connectivity index (χ3v) is 6.22. The number of pyridine rings is 2. The van der Waals surface area contributed by atoms with Crippen molar-refractivity contribution in [3.05, 3.63) is 47.1 Å². The van der Waals surface area contributed by atoms with E-state index in [9.17, 15) is 4.79 Å².